The number of hydrogen-bond donors (Lipinski definition) is 1. The molecule has 0 aromatic carbocycles. The molecule has 3 rings (SSSR count). The van der Waals surface area contributed by atoms with Crippen molar-refractivity contribution in [2.45, 2.75) is 38.9 Å². The highest BCUT2D eigenvalue weighted by Crippen LogP contribution is 2.24. The number of rotatable bonds is 7. The first kappa shape index (κ1) is 14.0. The fraction of sp³-hybridized carbons (Fsp3) is 0.412. The number of anilines is 1. The van der Waals surface area contributed by atoms with Crippen LogP contribution in [-0.4, -0.2) is 22.6 Å². The van der Waals surface area contributed by atoms with E-state index in [9.17, 15) is 0 Å². The normalized spacial score (nSPS) is 14.1. The highest BCUT2D eigenvalue weighted by molar-refractivity contribution is 5.52. The maximum Gasteiger partial charge on any atom is 0.0602 e. The fourth-order valence-corrected chi connectivity index (χ4v) is 2.46. The van der Waals surface area contributed by atoms with Gasteiger partial charge < -0.3 is 10.2 Å². The summed E-state index contributed by atoms with van der Waals surface area (Å²) in [6.45, 7) is 4.86. The molecular weight excluding hydrogens is 260 g/mol. The van der Waals surface area contributed by atoms with Gasteiger partial charge in [0.1, 0.15) is 0 Å². The van der Waals surface area contributed by atoms with Crippen LogP contribution in [0.15, 0.2) is 42.9 Å². The van der Waals surface area contributed by atoms with E-state index in [-0.39, 0.29) is 0 Å². The van der Waals surface area contributed by atoms with E-state index < -0.39 is 0 Å². The summed E-state index contributed by atoms with van der Waals surface area (Å²) in [7, 11) is 0. The Morgan fingerprint density at radius 2 is 2.14 bits per heavy atom. The molecule has 4 heteroatoms. The maximum atomic E-state index is 4.43. The average molecular weight is 282 g/mol. The third kappa shape index (κ3) is 3.79. The van der Waals surface area contributed by atoms with Crippen molar-refractivity contribution in [3.63, 3.8) is 0 Å². The molecule has 4 nitrogen and oxygen atoms in total. The smallest absolute Gasteiger partial charge is 0.0602 e. The van der Waals surface area contributed by atoms with Crippen molar-refractivity contribution in [3.8, 4) is 0 Å². The molecule has 110 valence electrons. The lowest BCUT2D eigenvalue weighted by molar-refractivity contribution is 0.680. The molecule has 0 amide bonds. The Kier molecular flexibility index (Phi) is 4.46. The van der Waals surface area contributed by atoms with Gasteiger partial charge in [-0.05, 0) is 38.0 Å². The molecule has 2 heterocycles. The number of nitrogens with zero attached hydrogens (tertiary/aromatic N) is 3. The third-order valence-corrected chi connectivity index (χ3v) is 3.84. The highest BCUT2D eigenvalue weighted by atomic mass is 15.1. The van der Waals surface area contributed by atoms with Crippen LogP contribution < -0.4 is 10.2 Å². The second-order valence-corrected chi connectivity index (χ2v) is 5.49. The Morgan fingerprint density at radius 3 is 2.86 bits per heavy atom. The molecule has 1 aliphatic rings. The molecule has 1 N–H and O–H groups in total. The Bertz CT molecular complexity index is 566. The zero-order valence-electron chi connectivity index (χ0n) is 12.5. The molecule has 2 aromatic rings. The van der Waals surface area contributed by atoms with Crippen LogP contribution in [0.1, 0.15) is 31.0 Å². The van der Waals surface area contributed by atoms with Crippen LogP contribution >= 0.6 is 0 Å². The summed E-state index contributed by atoms with van der Waals surface area (Å²) in [6, 6.07) is 8.89. The van der Waals surface area contributed by atoms with E-state index in [1.807, 2.05) is 30.7 Å². The summed E-state index contributed by atoms with van der Waals surface area (Å²) in [6.07, 6.45) is 8.32. The molecule has 1 fully saturated rings. The molecule has 0 bridgehead atoms. The van der Waals surface area contributed by atoms with Crippen molar-refractivity contribution in [3.05, 3.63) is 54.1 Å². The van der Waals surface area contributed by atoms with E-state index in [1.165, 1.54) is 24.1 Å². The van der Waals surface area contributed by atoms with E-state index in [1.54, 1.807) is 0 Å². The van der Waals surface area contributed by atoms with Crippen LogP contribution in [0.2, 0.25) is 0 Å². The molecule has 1 saturated carbocycles. The van der Waals surface area contributed by atoms with Gasteiger partial charge in [0.2, 0.25) is 0 Å². The molecule has 0 atom stereocenters. The van der Waals surface area contributed by atoms with Gasteiger partial charge >= 0.3 is 0 Å². The topological polar surface area (TPSA) is 41.1 Å². The van der Waals surface area contributed by atoms with Gasteiger partial charge in [-0.3, -0.25) is 9.97 Å². The molecule has 0 unspecified atom stereocenters. The van der Waals surface area contributed by atoms with Crippen LogP contribution in [0.5, 0.6) is 0 Å². The van der Waals surface area contributed by atoms with Gasteiger partial charge in [-0.1, -0.05) is 6.07 Å². The van der Waals surface area contributed by atoms with E-state index in [4.69, 9.17) is 0 Å². The number of pyridine rings is 2. The van der Waals surface area contributed by atoms with Gasteiger partial charge in [-0.2, -0.15) is 0 Å². The second kappa shape index (κ2) is 6.68. The number of nitrogens with one attached hydrogen (secondary N) is 1. The summed E-state index contributed by atoms with van der Waals surface area (Å²) in [5.74, 6) is 0. The predicted molar refractivity (Wildman–Crippen MR) is 85.1 cm³/mol. The zero-order valence-corrected chi connectivity index (χ0v) is 12.5. The molecule has 1 aliphatic carbocycles. The van der Waals surface area contributed by atoms with Gasteiger partial charge in [0.05, 0.1) is 12.2 Å². The Hall–Kier alpha value is -1.94. The van der Waals surface area contributed by atoms with E-state index in [2.05, 4.69) is 39.2 Å². The molecule has 0 radical (unpaired) electrons. The first-order valence-corrected chi connectivity index (χ1v) is 7.68. The molecular formula is C17H22N4. The summed E-state index contributed by atoms with van der Waals surface area (Å²) < 4.78 is 0. The molecule has 2 aromatic heterocycles. The van der Waals surface area contributed by atoms with E-state index in [0.717, 1.165) is 25.3 Å². The largest absolute Gasteiger partial charge is 0.366 e. The Balaban J connectivity index is 1.75. The summed E-state index contributed by atoms with van der Waals surface area (Å²) in [5, 5.41) is 3.57. The number of hydrogen-bond acceptors (Lipinski definition) is 4. The van der Waals surface area contributed by atoms with Crippen LogP contribution in [0.3, 0.4) is 0 Å². The van der Waals surface area contributed by atoms with Gasteiger partial charge in [-0.25, -0.2) is 0 Å². The minimum Gasteiger partial charge on any atom is -0.366 e. The van der Waals surface area contributed by atoms with Gasteiger partial charge in [0, 0.05) is 49.0 Å². The quantitative estimate of drug-likeness (QED) is 0.848. The SMILES string of the molecule is CCN(Cc1ccccn1)c1ccncc1CNC1CC1. The summed E-state index contributed by atoms with van der Waals surface area (Å²) >= 11 is 0. The van der Waals surface area contributed by atoms with E-state index in [0.29, 0.717) is 6.04 Å². The Labute approximate surface area is 126 Å². The minimum atomic E-state index is 0.712. The summed E-state index contributed by atoms with van der Waals surface area (Å²) in [5.41, 5.74) is 3.62. The molecule has 0 aliphatic heterocycles. The second-order valence-electron chi connectivity index (χ2n) is 5.49. The highest BCUT2D eigenvalue weighted by Gasteiger charge is 2.21. The lowest BCUT2D eigenvalue weighted by atomic mass is 10.2. The fourth-order valence-electron chi connectivity index (χ4n) is 2.46. The van der Waals surface area contributed by atoms with Crippen LogP contribution in [0.25, 0.3) is 0 Å². The monoisotopic (exact) mass is 282 g/mol. The summed E-state index contributed by atoms with van der Waals surface area (Å²) in [4.78, 5) is 11.1. The van der Waals surface area contributed by atoms with Gasteiger partial charge in [0.15, 0.2) is 0 Å². The van der Waals surface area contributed by atoms with Crippen molar-refractivity contribution in [1.82, 2.24) is 15.3 Å². The van der Waals surface area contributed by atoms with Gasteiger partial charge in [0.25, 0.3) is 0 Å². The Morgan fingerprint density at radius 1 is 1.24 bits per heavy atom. The van der Waals surface area contributed by atoms with Crippen molar-refractivity contribution in [2.24, 2.45) is 0 Å². The number of aromatic nitrogens is 2. The van der Waals surface area contributed by atoms with Crippen molar-refractivity contribution in [1.29, 1.82) is 0 Å². The standard InChI is InChI=1S/C17H22N4/c1-2-21(13-16-5-3-4-9-19-16)17-8-10-18-11-14(17)12-20-15-6-7-15/h3-5,8-11,15,20H,2,6-7,12-13H2,1H3. The lowest BCUT2D eigenvalue weighted by Gasteiger charge is -2.25. The first-order chi connectivity index (χ1) is 10.4. The molecule has 21 heavy (non-hydrogen) atoms. The third-order valence-electron chi connectivity index (χ3n) is 3.84. The average Bonchev–Trinajstić information content (AvgIpc) is 3.36. The predicted octanol–water partition coefficient (Wildman–Crippen LogP) is 2.76. The van der Waals surface area contributed by atoms with E-state index >= 15 is 0 Å². The van der Waals surface area contributed by atoms with Crippen molar-refractivity contribution in [2.75, 3.05) is 11.4 Å². The van der Waals surface area contributed by atoms with Gasteiger partial charge in [-0.15, -0.1) is 0 Å². The van der Waals surface area contributed by atoms with Crippen LogP contribution in [-0.2, 0) is 13.1 Å². The maximum absolute atomic E-state index is 4.43. The lowest BCUT2D eigenvalue weighted by Crippen LogP contribution is -2.25. The molecule has 0 spiro atoms. The van der Waals surface area contributed by atoms with Crippen molar-refractivity contribution >= 4 is 5.69 Å². The zero-order chi connectivity index (χ0) is 14.5. The van der Waals surface area contributed by atoms with Crippen molar-refractivity contribution < 1.29 is 0 Å². The first-order valence-electron chi connectivity index (χ1n) is 7.68. The minimum absolute atomic E-state index is 0.712. The molecule has 0 saturated heterocycles. The van der Waals surface area contributed by atoms with Crippen LogP contribution in [0.4, 0.5) is 5.69 Å². The van der Waals surface area contributed by atoms with Crippen LogP contribution in [0, 0.1) is 0 Å².